The van der Waals surface area contributed by atoms with E-state index in [9.17, 15) is 0 Å². The Balaban J connectivity index is 3.34. The number of phenolic OH excluding ortho intramolecular Hbond substituents is 2. The Morgan fingerprint density at radius 3 is 2.30 bits per heavy atom. The number of hydrogen-bond acceptors (Lipinski definition) is 2. The fourth-order valence-electron chi connectivity index (χ4n) is 0.530. The summed E-state index contributed by atoms with van der Waals surface area (Å²) >= 11 is 5.00. The average molecular weight is 315 g/mol. The van der Waals surface area contributed by atoms with E-state index < -0.39 is 0 Å². The van der Waals surface area contributed by atoms with E-state index in [0.717, 1.165) is 0 Å². The standard InChI is InChI=1S/C6H4BrIO2/c7-3-1-2-4(8)6(10)5(3)9/h1-2,9-10H. The maximum atomic E-state index is 9.10. The molecule has 0 atom stereocenters. The van der Waals surface area contributed by atoms with Crippen LogP contribution in [-0.4, -0.2) is 10.2 Å². The molecule has 1 aromatic carbocycles. The van der Waals surface area contributed by atoms with Crippen molar-refractivity contribution in [1.29, 1.82) is 0 Å². The molecule has 0 saturated heterocycles. The van der Waals surface area contributed by atoms with Gasteiger partial charge in [-0.3, -0.25) is 0 Å². The van der Waals surface area contributed by atoms with Gasteiger partial charge in [0, 0.05) is 0 Å². The molecule has 0 heterocycles. The minimum atomic E-state index is -0.105. The highest BCUT2D eigenvalue weighted by atomic mass is 127. The first-order chi connectivity index (χ1) is 4.63. The third-order valence-corrected chi connectivity index (χ3v) is 2.56. The van der Waals surface area contributed by atoms with Gasteiger partial charge < -0.3 is 10.2 Å². The van der Waals surface area contributed by atoms with Gasteiger partial charge in [-0.2, -0.15) is 0 Å². The molecule has 0 aliphatic rings. The quantitative estimate of drug-likeness (QED) is 0.570. The second kappa shape index (κ2) is 2.96. The van der Waals surface area contributed by atoms with Crippen LogP contribution >= 0.6 is 38.5 Å². The van der Waals surface area contributed by atoms with E-state index in [1.165, 1.54) is 0 Å². The first-order valence-corrected chi connectivity index (χ1v) is 4.36. The average Bonchev–Trinajstić information content (AvgIpc) is 1.93. The van der Waals surface area contributed by atoms with Gasteiger partial charge in [0.15, 0.2) is 11.5 Å². The molecule has 54 valence electrons. The zero-order valence-electron chi connectivity index (χ0n) is 4.81. The summed E-state index contributed by atoms with van der Waals surface area (Å²) in [5.74, 6) is -0.179. The summed E-state index contributed by atoms with van der Waals surface area (Å²) in [5.41, 5.74) is 0. The monoisotopic (exact) mass is 314 g/mol. The third-order valence-electron chi connectivity index (χ3n) is 1.05. The highest BCUT2D eigenvalue weighted by molar-refractivity contribution is 14.1. The predicted molar refractivity (Wildman–Crippen MR) is 50.2 cm³/mol. The Bertz CT molecular complexity index is 235. The summed E-state index contributed by atoms with van der Waals surface area (Å²) in [6, 6.07) is 3.39. The predicted octanol–water partition coefficient (Wildman–Crippen LogP) is 2.46. The lowest BCUT2D eigenvalue weighted by Crippen LogP contribution is -1.75. The molecule has 0 bridgehead atoms. The van der Waals surface area contributed by atoms with Crippen LogP contribution in [0, 0.1) is 3.57 Å². The van der Waals surface area contributed by atoms with Crippen LogP contribution in [-0.2, 0) is 0 Å². The number of halogens is 2. The Morgan fingerprint density at radius 2 is 1.80 bits per heavy atom. The number of rotatable bonds is 0. The van der Waals surface area contributed by atoms with Crippen molar-refractivity contribution in [3.8, 4) is 11.5 Å². The summed E-state index contributed by atoms with van der Waals surface area (Å²) in [6.07, 6.45) is 0. The smallest absolute Gasteiger partial charge is 0.173 e. The van der Waals surface area contributed by atoms with Crippen LogP contribution in [0.25, 0.3) is 0 Å². The molecule has 0 radical (unpaired) electrons. The first-order valence-electron chi connectivity index (χ1n) is 2.49. The molecular formula is C6H4BrIO2. The molecule has 0 aliphatic heterocycles. The van der Waals surface area contributed by atoms with Gasteiger partial charge in [-0.1, -0.05) is 0 Å². The summed E-state index contributed by atoms with van der Waals surface area (Å²) in [5, 5.41) is 18.2. The second-order valence-electron chi connectivity index (χ2n) is 1.73. The molecule has 0 aliphatic carbocycles. The summed E-state index contributed by atoms with van der Waals surface area (Å²) in [4.78, 5) is 0. The molecule has 10 heavy (non-hydrogen) atoms. The van der Waals surface area contributed by atoms with E-state index in [1.54, 1.807) is 12.1 Å². The van der Waals surface area contributed by atoms with E-state index in [0.29, 0.717) is 8.04 Å². The molecular weight excluding hydrogens is 311 g/mol. The highest BCUT2D eigenvalue weighted by Gasteiger charge is 2.06. The minimum Gasteiger partial charge on any atom is -0.504 e. The summed E-state index contributed by atoms with van der Waals surface area (Å²) < 4.78 is 1.14. The van der Waals surface area contributed by atoms with Crippen LogP contribution in [0.1, 0.15) is 0 Å². The van der Waals surface area contributed by atoms with Crippen molar-refractivity contribution in [1.82, 2.24) is 0 Å². The Labute approximate surface area is 80.1 Å². The van der Waals surface area contributed by atoms with E-state index in [2.05, 4.69) is 15.9 Å². The molecule has 0 fully saturated rings. The topological polar surface area (TPSA) is 40.5 Å². The van der Waals surface area contributed by atoms with E-state index in [1.807, 2.05) is 22.6 Å². The minimum absolute atomic E-state index is 0.0741. The molecule has 2 N–H and O–H groups in total. The van der Waals surface area contributed by atoms with E-state index >= 15 is 0 Å². The highest BCUT2D eigenvalue weighted by Crippen LogP contribution is 2.36. The lowest BCUT2D eigenvalue weighted by Gasteiger charge is -2.00. The zero-order chi connectivity index (χ0) is 7.72. The first kappa shape index (κ1) is 8.13. The zero-order valence-corrected chi connectivity index (χ0v) is 8.55. The van der Waals surface area contributed by atoms with Crippen molar-refractivity contribution in [3.05, 3.63) is 20.2 Å². The lowest BCUT2D eigenvalue weighted by atomic mass is 10.3. The molecule has 0 unspecified atom stereocenters. The van der Waals surface area contributed by atoms with Gasteiger partial charge in [-0.25, -0.2) is 0 Å². The fourth-order valence-corrected chi connectivity index (χ4v) is 1.29. The molecule has 1 aromatic rings. The van der Waals surface area contributed by atoms with Gasteiger partial charge in [-0.15, -0.1) is 0 Å². The van der Waals surface area contributed by atoms with Crippen molar-refractivity contribution < 1.29 is 10.2 Å². The summed E-state index contributed by atoms with van der Waals surface area (Å²) in [7, 11) is 0. The van der Waals surface area contributed by atoms with Crippen molar-refractivity contribution in [2.24, 2.45) is 0 Å². The molecule has 2 nitrogen and oxygen atoms in total. The number of benzene rings is 1. The number of hydrogen-bond donors (Lipinski definition) is 2. The second-order valence-corrected chi connectivity index (χ2v) is 3.74. The lowest BCUT2D eigenvalue weighted by molar-refractivity contribution is 0.399. The molecule has 4 heteroatoms. The SMILES string of the molecule is Oc1c(Br)ccc(I)c1O. The van der Waals surface area contributed by atoms with Crippen LogP contribution in [0.2, 0.25) is 0 Å². The van der Waals surface area contributed by atoms with E-state index in [4.69, 9.17) is 10.2 Å². The van der Waals surface area contributed by atoms with Gasteiger partial charge in [-0.05, 0) is 50.7 Å². The van der Waals surface area contributed by atoms with Crippen LogP contribution in [0.3, 0.4) is 0 Å². The maximum Gasteiger partial charge on any atom is 0.173 e. The van der Waals surface area contributed by atoms with Gasteiger partial charge in [0.2, 0.25) is 0 Å². The molecule has 0 aromatic heterocycles. The van der Waals surface area contributed by atoms with Gasteiger partial charge >= 0.3 is 0 Å². The number of phenols is 2. The Morgan fingerprint density at radius 1 is 1.20 bits per heavy atom. The van der Waals surface area contributed by atoms with Gasteiger partial charge in [0.1, 0.15) is 0 Å². The Hall–Kier alpha value is 0.0300. The normalized spacial score (nSPS) is 9.80. The van der Waals surface area contributed by atoms with Crippen molar-refractivity contribution >= 4 is 38.5 Å². The maximum absolute atomic E-state index is 9.10. The largest absolute Gasteiger partial charge is 0.504 e. The van der Waals surface area contributed by atoms with Gasteiger partial charge in [0.25, 0.3) is 0 Å². The van der Waals surface area contributed by atoms with Crippen LogP contribution < -0.4 is 0 Å². The number of aromatic hydroxyl groups is 2. The van der Waals surface area contributed by atoms with Crippen molar-refractivity contribution in [2.75, 3.05) is 0 Å². The summed E-state index contributed by atoms with van der Waals surface area (Å²) in [6.45, 7) is 0. The fraction of sp³-hybridized carbons (Fsp3) is 0. The molecule has 0 amide bonds. The van der Waals surface area contributed by atoms with E-state index in [-0.39, 0.29) is 11.5 Å². The van der Waals surface area contributed by atoms with Gasteiger partial charge in [0.05, 0.1) is 8.04 Å². The Kier molecular flexibility index (Phi) is 2.40. The third kappa shape index (κ3) is 1.37. The molecule has 1 rings (SSSR count). The van der Waals surface area contributed by atoms with Crippen molar-refractivity contribution in [2.45, 2.75) is 0 Å². The van der Waals surface area contributed by atoms with Crippen LogP contribution in [0.5, 0.6) is 11.5 Å². The van der Waals surface area contributed by atoms with Crippen LogP contribution in [0.4, 0.5) is 0 Å². The van der Waals surface area contributed by atoms with Crippen LogP contribution in [0.15, 0.2) is 16.6 Å². The molecule has 0 saturated carbocycles. The van der Waals surface area contributed by atoms with Crippen molar-refractivity contribution in [3.63, 3.8) is 0 Å². The molecule has 0 spiro atoms.